The van der Waals surface area contributed by atoms with Gasteiger partial charge in [0.25, 0.3) is 5.91 Å². The maximum atomic E-state index is 12.2. The van der Waals surface area contributed by atoms with Crippen molar-refractivity contribution in [2.45, 2.75) is 38.6 Å². The van der Waals surface area contributed by atoms with Crippen LogP contribution >= 0.6 is 0 Å². The monoisotopic (exact) mass is 381 g/mol. The number of benzene rings is 2. The number of rotatable bonds is 5. The maximum absolute atomic E-state index is 12.2. The lowest BCUT2D eigenvalue weighted by Gasteiger charge is -2.11. The highest BCUT2D eigenvalue weighted by Gasteiger charge is 2.29. The van der Waals surface area contributed by atoms with E-state index in [0.29, 0.717) is 18.5 Å². The Hall–Kier alpha value is -2.90. The summed E-state index contributed by atoms with van der Waals surface area (Å²) in [5.74, 6) is -0.918. The second-order valence-electron chi connectivity index (χ2n) is 6.96. The van der Waals surface area contributed by atoms with Crippen LogP contribution in [0.4, 0.5) is 5.69 Å². The van der Waals surface area contributed by atoms with Gasteiger partial charge in [-0.2, -0.15) is 0 Å². The van der Waals surface area contributed by atoms with E-state index in [1.807, 2.05) is 30.3 Å². The fourth-order valence-corrected chi connectivity index (χ4v) is 3.82. The van der Waals surface area contributed by atoms with Crippen LogP contribution in [0.25, 0.3) is 21.8 Å². The molecule has 2 heterocycles. The van der Waals surface area contributed by atoms with Gasteiger partial charge in [-0.15, -0.1) is 0 Å². The van der Waals surface area contributed by atoms with Crippen molar-refractivity contribution in [3.8, 4) is 0 Å². The first-order valence-electron chi connectivity index (χ1n) is 9.48. The van der Waals surface area contributed by atoms with Gasteiger partial charge in [-0.3, -0.25) is 14.9 Å². The number of hydrogen-bond acceptors (Lipinski definition) is 5. The summed E-state index contributed by atoms with van der Waals surface area (Å²) in [5.41, 5.74) is 2.92. The van der Waals surface area contributed by atoms with Gasteiger partial charge in [-0.1, -0.05) is 18.2 Å². The summed E-state index contributed by atoms with van der Waals surface area (Å²) < 4.78 is 7.30. The van der Waals surface area contributed by atoms with Gasteiger partial charge >= 0.3 is 5.97 Å². The van der Waals surface area contributed by atoms with Crippen molar-refractivity contribution in [2.24, 2.45) is 0 Å². The van der Waals surface area contributed by atoms with Gasteiger partial charge in [0.2, 0.25) is 0 Å². The van der Waals surface area contributed by atoms with E-state index in [9.17, 15) is 14.7 Å². The Bertz CT molecular complexity index is 1040. The lowest BCUT2D eigenvalue weighted by Crippen LogP contribution is -2.37. The third-order valence-corrected chi connectivity index (χ3v) is 5.12. The number of hydrogen-bond donors (Lipinski definition) is 3. The van der Waals surface area contributed by atoms with E-state index >= 15 is 0 Å². The van der Waals surface area contributed by atoms with Crippen molar-refractivity contribution in [1.82, 2.24) is 9.88 Å². The van der Waals surface area contributed by atoms with Crippen LogP contribution in [0.2, 0.25) is 0 Å². The Morgan fingerprint density at radius 3 is 2.71 bits per heavy atom. The molecule has 0 radical (unpaired) electrons. The number of aryl methyl sites for hydroxylation is 1. The molecule has 0 spiro atoms. The first-order valence-corrected chi connectivity index (χ1v) is 9.48. The van der Waals surface area contributed by atoms with Crippen LogP contribution in [-0.2, 0) is 20.9 Å². The molecule has 1 amide bonds. The van der Waals surface area contributed by atoms with Crippen molar-refractivity contribution in [1.29, 1.82) is 0 Å². The van der Waals surface area contributed by atoms with E-state index in [-0.39, 0.29) is 6.61 Å². The highest BCUT2D eigenvalue weighted by atomic mass is 16.5. The highest BCUT2D eigenvalue weighted by Crippen LogP contribution is 2.30. The van der Waals surface area contributed by atoms with Crippen molar-refractivity contribution < 1.29 is 19.4 Å². The topological polar surface area (TPSA) is 92.6 Å². The molecule has 28 heavy (non-hydrogen) atoms. The zero-order valence-corrected chi connectivity index (χ0v) is 15.6. The van der Waals surface area contributed by atoms with Gasteiger partial charge in [-0.25, -0.2) is 0 Å². The molecule has 3 N–H and O–H groups in total. The molecule has 4 rings (SSSR count). The molecule has 3 aromatic rings. The maximum Gasteiger partial charge on any atom is 0.323 e. The molecular weight excluding hydrogens is 358 g/mol. The number of aliphatic hydroxyl groups excluding tert-OH is 1. The summed E-state index contributed by atoms with van der Waals surface area (Å²) >= 11 is 0. The molecule has 2 unspecified atom stereocenters. The summed E-state index contributed by atoms with van der Waals surface area (Å²) in [7, 11) is 0. The van der Waals surface area contributed by atoms with E-state index in [1.54, 1.807) is 0 Å². The quantitative estimate of drug-likeness (QED) is 0.590. The summed E-state index contributed by atoms with van der Waals surface area (Å²) in [4.78, 5) is 24.1. The molecule has 1 aliphatic rings. The molecule has 1 fully saturated rings. The number of ether oxygens (including phenoxy) is 1. The molecule has 0 saturated carbocycles. The number of fused-ring (bicyclic) bond motifs is 3. The molecule has 2 aromatic carbocycles. The number of anilines is 1. The number of carbonyl (C=O) groups is 2. The third-order valence-electron chi connectivity index (χ3n) is 5.12. The number of amides is 1. The zero-order chi connectivity index (χ0) is 19.7. The molecule has 0 aliphatic carbocycles. The Balaban J connectivity index is 1.46. The highest BCUT2D eigenvalue weighted by molar-refractivity contribution is 6.09. The van der Waals surface area contributed by atoms with Crippen LogP contribution in [-0.4, -0.2) is 40.4 Å². The predicted molar refractivity (Wildman–Crippen MR) is 107 cm³/mol. The van der Waals surface area contributed by atoms with Crippen LogP contribution in [0.15, 0.2) is 42.5 Å². The summed E-state index contributed by atoms with van der Waals surface area (Å²) in [6, 6.07) is 13.4. The average molecular weight is 381 g/mol. The molecule has 2 atom stereocenters. The smallest absolute Gasteiger partial charge is 0.323 e. The lowest BCUT2D eigenvalue weighted by atomic mass is 10.1. The molecule has 1 aliphatic heterocycles. The van der Waals surface area contributed by atoms with Gasteiger partial charge in [-0.05, 0) is 44.0 Å². The number of nitrogens with zero attached hydrogens (tertiary/aromatic N) is 1. The number of aliphatic hydroxyl groups is 1. The molecule has 7 nitrogen and oxygen atoms in total. The first kappa shape index (κ1) is 18.5. The van der Waals surface area contributed by atoms with E-state index in [4.69, 9.17) is 4.74 Å². The third kappa shape index (κ3) is 3.46. The molecular formula is C21H23N3O4. The minimum atomic E-state index is -0.691. The zero-order valence-electron chi connectivity index (χ0n) is 15.6. The van der Waals surface area contributed by atoms with Crippen molar-refractivity contribution in [3.05, 3.63) is 42.5 Å². The molecule has 7 heteroatoms. The van der Waals surface area contributed by atoms with Crippen LogP contribution in [0, 0.1) is 0 Å². The predicted octanol–water partition coefficient (Wildman–Crippen LogP) is 2.37. The lowest BCUT2D eigenvalue weighted by molar-refractivity contribution is -0.149. The fourth-order valence-electron chi connectivity index (χ4n) is 3.82. The standard InChI is InChI=1S/C21H23N3O4/c1-2-24-17-6-4-3-5-14(17)15-11-13(7-9-18(15)24)22-20(26)12-28-21(27)16-8-10-19(25)23-16/h3-7,9,11,16,19,23,25H,2,8,10,12H2,1H3,(H,22,26). The number of nitrogens with one attached hydrogen (secondary N) is 2. The van der Waals surface area contributed by atoms with Crippen molar-refractivity contribution in [2.75, 3.05) is 11.9 Å². The Morgan fingerprint density at radius 2 is 1.96 bits per heavy atom. The summed E-state index contributed by atoms with van der Waals surface area (Å²) in [6.07, 6.45) is 0.306. The number of aromatic nitrogens is 1. The van der Waals surface area contributed by atoms with Crippen molar-refractivity contribution in [3.63, 3.8) is 0 Å². The Morgan fingerprint density at radius 1 is 1.18 bits per heavy atom. The van der Waals surface area contributed by atoms with Crippen LogP contribution in [0.5, 0.6) is 0 Å². The van der Waals surface area contributed by atoms with Gasteiger partial charge in [0.05, 0.1) is 0 Å². The van der Waals surface area contributed by atoms with Crippen LogP contribution in [0.3, 0.4) is 0 Å². The number of para-hydroxylation sites is 1. The second kappa shape index (κ2) is 7.61. The molecule has 1 saturated heterocycles. The SMILES string of the molecule is CCn1c2ccccc2c2cc(NC(=O)COC(=O)C3CCC(O)N3)ccc21. The fraction of sp³-hybridized carbons (Fsp3) is 0.333. The van der Waals surface area contributed by atoms with Gasteiger partial charge in [0.1, 0.15) is 12.3 Å². The minimum absolute atomic E-state index is 0.359. The van der Waals surface area contributed by atoms with E-state index in [2.05, 4.69) is 34.3 Å². The van der Waals surface area contributed by atoms with Crippen molar-refractivity contribution >= 4 is 39.4 Å². The second-order valence-corrected chi connectivity index (χ2v) is 6.96. The Kier molecular flexibility index (Phi) is 5.02. The van der Waals surface area contributed by atoms with Gasteiger partial charge in [0.15, 0.2) is 6.61 Å². The largest absolute Gasteiger partial charge is 0.454 e. The molecule has 1 aromatic heterocycles. The van der Waals surface area contributed by atoms with E-state index in [1.165, 1.54) is 0 Å². The normalized spacial score (nSPS) is 19.2. The van der Waals surface area contributed by atoms with Gasteiger partial charge < -0.3 is 19.7 Å². The Labute approximate surface area is 162 Å². The van der Waals surface area contributed by atoms with Gasteiger partial charge in [0, 0.05) is 34.0 Å². The minimum Gasteiger partial charge on any atom is -0.454 e. The average Bonchev–Trinajstić information content (AvgIpc) is 3.27. The van der Waals surface area contributed by atoms with Crippen LogP contribution < -0.4 is 10.6 Å². The molecule has 0 bridgehead atoms. The van der Waals surface area contributed by atoms with E-state index < -0.39 is 24.1 Å². The number of esters is 1. The van der Waals surface area contributed by atoms with E-state index in [0.717, 1.165) is 28.4 Å². The first-order chi connectivity index (χ1) is 13.6. The summed E-state index contributed by atoms with van der Waals surface area (Å²) in [5, 5.41) is 17.1. The van der Waals surface area contributed by atoms with Crippen LogP contribution in [0.1, 0.15) is 19.8 Å². The molecule has 146 valence electrons. The summed E-state index contributed by atoms with van der Waals surface area (Å²) in [6.45, 7) is 2.60. The number of carbonyl (C=O) groups excluding carboxylic acids is 2.